The molecule has 2 aromatic carbocycles. The average molecular weight is 337 g/mol. The van der Waals surface area contributed by atoms with Gasteiger partial charge in [-0.15, -0.1) is 0 Å². The van der Waals surface area contributed by atoms with Gasteiger partial charge in [-0.3, -0.25) is 4.79 Å². The molecule has 130 valence electrons. The standard InChI is InChI=1S/C21H23NO3/c1-3-13-24-18-8-5-17(6-9-18)7-11-21(23)22-12-14-25-20-10-4-16(2)15-19(20)22/h4-11,15H,3,12-14H2,1-2H3/b11-7+. The summed E-state index contributed by atoms with van der Waals surface area (Å²) in [5.41, 5.74) is 2.91. The summed E-state index contributed by atoms with van der Waals surface area (Å²) in [6.45, 7) is 5.87. The third kappa shape index (κ3) is 4.21. The largest absolute Gasteiger partial charge is 0.494 e. The fraction of sp³-hybridized carbons (Fsp3) is 0.286. The molecule has 0 saturated carbocycles. The van der Waals surface area contributed by atoms with Crippen molar-refractivity contribution in [3.63, 3.8) is 0 Å². The molecule has 1 aliphatic heterocycles. The first-order valence-electron chi connectivity index (χ1n) is 8.63. The average Bonchev–Trinajstić information content (AvgIpc) is 2.64. The normalized spacial score (nSPS) is 13.4. The van der Waals surface area contributed by atoms with Gasteiger partial charge in [0.25, 0.3) is 5.91 Å². The zero-order valence-electron chi connectivity index (χ0n) is 14.7. The first-order valence-corrected chi connectivity index (χ1v) is 8.63. The minimum Gasteiger partial charge on any atom is -0.494 e. The van der Waals surface area contributed by atoms with Crippen LogP contribution in [-0.2, 0) is 4.79 Å². The number of rotatable bonds is 5. The van der Waals surface area contributed by atoms with Crippen LogP contribution in [0.1, 0.15) is 24.5 Å². The van der Waals surface area contributed by atoms with Gasteiger partial charge in [0.15, 0.2) is 0 Å². The van der Waals surface area contributed by atoms with Gasteiger partial charge in [0.1, 0.15) is 18.1 Å². The number of anilines is 1. The molecule has 0 fully saturated rings. The molecule has 0 radical (unpaired) electrons. The monoisotopic (exact) mass is 337 g/mol. The molecule has 0 bridgehead atoms. The molecule has 1 amide bonds. The molecule has 3 rings (SSSR count). The van der Waals surface area contributed by atoms with E-state index >= 15 is 0 Å². The summed E-state index contributed by atoms with van der Waals surface area (Å²) >= 11 is 0. The molecule has 0 unspecified atom stereocenters. The van der Waals surface area contributed by atoms with Crippen molar-refractivity contribution >= 4 is 17.7 Å². The predicted molar refractivity (Wildman–Crippen MR) is 100 cm³/mol. The summed E-state index contributed by atoms with van der Waals surface area (Å²) in [5, 5.41) is 0. The van der Waals surface area contributed by atoms with Crippen molar-refractivity contribution in [2.24, 2.45) is 0 Å². The first kappa shape index (κ1) is 17.1. The second kappa shape index (κ2) is 7.88. The van der Waals surface area contributed by atoms with Crippen LogP contribution in [0, 0.1) is 6.92 Å². The first-order chi connectivity index (χ1) is 12.2. The van der Waals surface area contributed by atoms with Crippen molar-refractivity contribution in [1.29, 1.82) is 0 Å². The molecule has 4 nitrogen and oxygen atoms in total. The zero-order chi connectivity index (χ0) is 17.6. The third-order valence-electron chi connectivity index (χ3n) is 4.02. The molecule has 2 aromatic rings. The van der Waals surface area contributed by atoms with E-state index in [-0.39, 0.29) is 5.91 Å². The quantitative estimate of drug-likeness (QED) is 0.767. The van der Waals surface area contributed by atoms with Crippen molar-refractivity contribution < 1.29 is 14.3 Å². The van der Waals surface area contributed by atoms with Crippen LogP contribution in [0.5, 0.6) is 11.5 Å². The summed E-state index contributed by atoms with van der Waals surface area (Å²) in [6.07, 6.45) is 4.42. The number of nitrogens with zero attached hydrogens (tertiary/aromatic N) is 1. The number of hydrogen-bond donors (Lipinski definition) is 0. The van der Waals surface area contributed by atoms with Crippen molar-refractivity contribution in [3.8, 4) is 11.5 Å². The number of ether oxygens (including phenoxy) is 2. The van der Waals surface area contributed by atoms with Gasteiger partial charge in [0.2, 0.25) is 0 Å². The lowest BCUT2D eigenvalue weighted by atomic mass is 10.1. The van der Waals surface area contributed by atoms with Crippen LogP contribution in [0.15, 0.2) is 48.5 Å². The van der Waals surface area contributed by atoms with Crippen molar-refractivity contribution in [3.05, 3.63) is 59.7 Å². The number of aryl methyl sites for hydroxylation is 1. The van der Waals surface area contributed by atoms with Crippen LogP contribution < -0.4 is 14.4 Å². The molecule has 4 heteroatoms. The van der Waals surface area contributed by atoms with E-state index in [9.17, 15) is 4.79 Å². The van der Waals surface area contributed by atoms with E-state index in [4.69, 9.17) is 9.47 Å². The molecule has 0 aliphatic carbocycles. The van der Waals surface area contributed by atoms with E-state index in [0.29, 0.717) is 19.8 Å². The molecule has 0 spiro atoms. The highest BCUT2D eigenvalue weighted by atomic mass is 16.5. The van der Waals surface area contributed by atoms with Gasteiger partial charge in [-0.1, -0.05) is 25.1 Å². The maximum absolute atomic E-state index is 12.6. The zero-order valence-corrected chi connectivity index (χ0v) is 14.7. The van der Waals surface area contributed by atoms with Crippen LogP contribution in [-0.4, -0.2) is 25.7 Å². The lowest BCUT2D eigenvalue weighted by molar-refractivity contribution is -0.114. The highest BCUT2D eigenvalue weighted by Gasteiger charge is 2.22. The van der Waals surface area contributed by atoms with E-state index < -0.39 is 0 Å². The Morgan fingerprint density at radius 2 is 2.04 bits per heavy atom. The lowest BCUT2D eigenvalue weighted by Crippen LogP contribution is -2.36. The van der Waals surface area contributed by atoms with E-state index in [1.165, 1.54) is 0 Å². The molecule has 1 aliphatic rings. The number of carbonyl (C=O) groups excluding carboxylic acids is 1. The van der Waals surface area contributed by atoms with Gasteiger partial charge >= 0.3 is 0 Å². The van der Waals surface area contributed by atoms with Gasteiger partial charge in [0.05, 0.1) is 18.8 Å². The molecule has 0 atom stereocenters. The Morgan fingerprint density at radius 3 is 2.80 bits per heavy atom. The van der Waals surface area contributed by atoms with E-state index in [1.54, 1.807) is 11.0 Å². The summed E-state index contributed by atoms with van der Waals surface area (Å²) < 4.78 is 11.2. The summed E-state index contributed by atoms with van der Waals surface area (Å²) in [4.78, 5) is 14.4. The topological polar surface area (TPSA) is 38.8 Å². The Kier molecular flexibility index (Phi) is 5.39. The maximum atomic E-state index is 12.6. The summed E-state index contributed by atoms with van der Waals surface area (Å²) in [7, 11) is 0. The van der Waals surface area contributed by atoms with Crippen molar-refractivity contribution in [2.45, 2.75) is 20.3 Å². The predicted octanol–water partition coefficient (Wildman–Crippen LogP) is 4.22. The molecule has 0 saturated heterocycles. The van der Waals surface area contributed by atoms with Crippen LogP contribution in [0.25, 0.3) is 6.08 Å². The van der Waals surface area contributed by atoms with Gasteiger partial charge in [-0.05, 0) is 54.8 Å². The third-order valence-corrected chi connectivity index (χ3v) is 4.02. The maximum Gasteiger partial charge on any atom is 0.251 e. The Labute approximate surface area is 148 Å². The number of benzene rings is 2. The molecule has 25 heavy (non-hydrogen) atoms. The summed E-state index contributed by atoms with van der Waals surface area (Å²) in [6, 6.07) is 13.6. The number of carbonyl (C=O) groups is 1. The summed E-state index contributed by atoms with van der Waals surface area (Å²) in [5.74, 6) is 1.57. The van der Waals surface area contributed by atoms with Crippen molar-refractivity contribution in [2.75, 3.05) is 24.7 Å². The Hall–Kier alpha value is -2.75. The second-order valence-electron chi connectivity index (χ2n) is 6.06. The van der Waals surface area contributed by atoms with Crippen LogP contribution in [0.2, 0.25) is 0 Å². The fourth-order valence-corrected chi connectivity index (χ4v) is 2.71. The lowest BCUT2D eigenvalue weighted by Gasteiger charge is -2.29. The van der Waals surface area contributed by atoms with Gasteiger partial charge < -0.3 is 14.4 Å². The van der Waals surface area contributed by atoms with Gasteiger partial charge in [0, 0.05) is 6.08 Å². The van der Waals surface area contributed by atoms with Crippen LogP contribution in [0.3, 0.4) is 0 Å². The minimum atomic E-state index is -0.0403. The van der Waals surface area contributed by atoms with Crippen molar-refractivity contribution in [1.82, 2.24) is 0 Å². The SMILES string of the molecule is CCCOc1ccc(/C=C/C(=O)N2CCOc3ccc(C)cc32)cc1. The Morgan fingerprint density at radius 1 is 1.24 bits per heavy atom. The van der Waals surface area contributed by atoms with Crippen LogP contribution >= 0.6 is 0 Å². The van der Waals surface area contributed by atoms with Crippen LogP contribution in [0.4, 0.5) is 5.69 Å². The van der Waals surface area contributed by atoms with E-state index in [2.05, 4.69) is 6.92 Å². The van der Waals surface area contributed by atoms with E-state index in [0.717, 1.165) is 34.7 Å². The molecular weight excluding hydrogens is 314 g/mol. The minimum absolute atomic E-state index is 0.0403. The molecule has 0 N–H and O–H groups in total. The Balaban J connectivity index is 1.70. The highest BCUT2D eigenvalue weighted by molar-refractivity contribution is 6.05. The molecule has 1 heterocycles. The second-order valence-corrected chi connectivity index (χ2v) is 6.06. The Bertz CT molecular complexity index is 765. The number of amides is 1. The number of hydrogen-bond acceptors (Lipinski definition) is 3. The van der Waals surface area contributed by atoms with Gasteiger partial charge in [-0.25, -0.2) is 0 Å². The highest BCUT2D eigenvalue weighted by Crippen LogP contribution is 2.32. The number of fused-ring (bicyclic) bond motifs is 1. The fourth-order valence-electron chi connectivity index (χ4n) is 2.71. The van der Waals surface area contributed by atoms with E-state index in [1.807, 2.05) is 55.5 Å². The molecular formula is C21H23NO3. The van der Waals surface area contributed by atoms with Gasteiger partial charge in [-0.2, -0.15) is 0 Å². The molecule has 0 aromatic heterocycles. The smallest absolute Gasteiger partial charge is 0.251 e.